The SMILES string of the molecule is C=C(Cl)C(=O)Nc1cc2c(Nc3ccc(OC(c4ccccc4)C4CC4)c(Cl)c3)ncnc2cc1OCCCN1CCOCC1. The standard InChI is InChI=1S/C34H35Cl2N5O4/c1-22(35)34(42)40-29-19-26-28(20-31(29)44-15-5-12-41-13-16-43-17-14-41)37-21-38-33(26)39-25-10-11-30(27(36)18-25)45-32(24-8-9-24)23-6-3-2-4-7-23/h2-4,6-7,10-11,18-21,24,32H,1,5,8-9,12-17H2,(H,40,42)(H,37,38,39). The predicted molar refractivity (Wildman–Crippen MR) is 178 cm³/mol. The van der Waals surface area contributed by atoms with Crippen molar-refractivity contribution in [2.75, 3.05) is 50.1 Å². The van der Waals surface area contributed by atoms with Crippen molar-refractivity contribution < 1.29 is 19.0 Å². The van der Waals surface area contributed by atoms with Crippen molar-refractivity contribution in [1.82, 2.24) is 14.9 Å². The molecule has 3 aromatic carbocycles. The molecule has 234 valence electrons. The number of halogens is 2. The first kappa shape index (κ1) is 31.1. The zero-order valence-electron chi connectivity index (χ0n) is 24.8. The third kappa shape index (κ3) is 8.04. The van der Waals surface area contributed by atoms with Crippen molar-refractivity contribution in [3.8, 4) is 11.5 Å². The van der Waals surface area contributed by atoms with Gasteiger partial charge in [-0.3, -0.25) is 9.69 Å². The largest absolute Gasteiger partial charge is 0.491 e. The van der Waals surface area contributed by atoms with Gasteiger partial charge in [0.15, 0.2) is 0 Å². The molecule has 6 rings (SSSR count). The van der Waals surface area contributed by atoms with Crippen LogP contribution in [0.3, 0.4) is 0 Å². The van der Waals surface area contributed by atoms with E-state index in [-0.39, 0.29) is 11.1 Å². The van der Waals surface area contributed by atoms with Gasteiger partial charge in [-0.25, -0.2) is 9.97 Å². The molecule has 1 saturated carbocycles. The number of hydrogen-bond donors (Lipinski definition) is 2. The molecule has 0 bridgehead atoms. The zero-order valence-corrected chi connectivity index (χ0v) is 26.3. The number of benzene rings is 3. The van der Waals surface area contributed by atoms with Crippen molar-refractivity contribution in [3.05, 3.63) is 89.2 Å². The molecule has 45 heavy (non-hydrogen) atoms. The molecule has 4 aromatic rings. The van der Waals surface area contributed by atoms with E-state index in [0.717, 1.165) is 63.4 Å². The molecule has 1 aromatic heterocycles. The minimum atomic E-state index is -0.525. The Kier molecular flexibility index (Phi) is 10.0. The summed E-state index contributed by atoms with van der Waals surface area (Å²) in [5, 5.41) is 7.17. The summed E-state index contributed by atoms with van der Waals surface area (Å²) in [7, 11) is 0. The molecule has 0 radical (unpaired) electrons. The third-order valence-corrected chi connectivity index (χ3v) is 8.31. The van der Waals surface area contributed by atoms with Crippen LogP contribution < -0.4 is 20.1 Å². The van der Waals surface area contributed by atoms with Gasteiger partial charge in [0.05, 0.1) is 41.1 Å². The maximum atomic E-state index is 12.5. The lowest BCUT2D eigenvalue weighted by Crippen LogP contribution is -2.37. The topological polar surface area (TPSA) is 97.8 Å². The van der Waals surface area contributed by atoms with E-state index in [9.17, 15) is 4.79 Å². The summed E-state index contributed by atoms with van der Waals surface area (Å²) in [6.07, 6.45) is 4.53. The lowest BCUT2D eigenvalue weighted by molar-refractivity contribution is -0.112. The maximum absolute atomic E-state index is 12.5. The molecular weight excluding hydrogens is 613 g/mol. The quantitative estimate of drug-likeness (QED) is 0.115. The first-order chi connectivity index (χ1) is 21.9. The van der Waals surface area contributed by atoms with E-state index in [1.165, 1.54) is 6.33 Å². The minimum Gasteiger partial charge on any atom is -0.491 e. The summed E-state index contributed by atoms with van der Waals surface area (Å²) in [5.74, 6) is 1.59. The van der Waals surface area contributed by atoms with Crippen LogP contribution in [0.1, 0.15) is 30.9 Å². The van der Waals surface area contributed by atoms with Crippen LogP contribution in [0, 0.1) is 5.92 Å². The third-order valence-electron chi connectivity index (χ3n) is 7.84. The number of hydrogen-bond acceptors (Lipinski definition) is 8. The van der Waals surface area contributed by atoms with Gasteiger partial charge in [-0.05, 0) is 49.1 Å². The van der Waals surface area contributed by atoms with Crippen LogP contribution in [0.2, 0.25) is 5.02 Å². The molecular formula is C34H35Cl2N5O4. The maximum Gasteiger partial charge on any atom is 0.266 e. The zero-order chi connectivity index (χ0) is 31.2. The molecule has 2 fully saturated rings. The number of morpholine rings is 1. The first-order valence-electron chi connectivity index (χ1n) is 15.1. The lowest BCUT2D eigenvalue weighted by atomic mass is 10.1. The van der Waals surface area contributed by atoms with Crippen LogP contribution in [0.15, 0.2) is 78.6 Å². The smallest absolute Gasteiger partial charge is 0.266 e. The van der Waals surface area contributed by atoms with Gasteiger partial charge >= 0.3 is 0 Å². The van der Waals surface area contributed by atoms with Crippen LogP contribution in [0.25, 0.3) is 10.9 Å². The number of amides is 1. The van der Waals surface area contributed by atoms with Gasteiger partial charge in [-0.15, -0.1) is 0 Å². The summed E-state index contributed by atoms with van der Waals surface area (Å²) in [6, 6.07) is 19.4. The van der Waals surface area contributed by atoms with Crippen molar-refractivity contribution in [2.45, 2.75) is 25.4 Å². The van der Waals surface area contributed by atoms with E-state index < -0.39 is 5.91 Å². The van der Waals surface area contributed by atoms with Gasteiger partial charge in [0, 0.05) is 42.7 Å². The highest BCUT2D eigenvalue weighted by Gasteiger charge is 2.34. The van der Waals surface area contributed by atoms with Crippen LogP contribution in [-0.4, -0.2) is 60.2 Å². The Morgan fingerprint density at radius 2 is 1.87 bits per heavy atom. The Labute approximate surface area is 272 Å². The van der Waals surface area contributed by atoms with Crippen molar-refractivity contribution in [1.29, 1.82) is 0 Å². The van der Waals surface area contributed by atoms with E-state index in [4.69, 9.17) is 37.4 Å². The van der Waals surface area contributed by atoms with Crippen molar-refractivity contribution >= 4 is 57.2 Å². The van der Waals surface area contributed by atoms with Crippen molar-refractivity contribution in [3.63, 3.8) is 0 Å². The number of fused-ring (bicyclic) bond motifs is 1. The van der Waals surface area contributed by atoms with E-state index in [2.05, 4.69) is 44.2 Å². The second kappa shape index (κ2) is 14.5. The Morgan fingerprint density at radius 1 is 1.07 bits per heavy atom. The molecule has 1 saturated heterocycles. The molecule has 1 unspecified atom stereocenters. The second-order valence-corrected chi connectivity index (χ2v) is 12.0. The van der Waals surface area contributed by atoms with Gasteiger partial charge in [0.2, 0.25) is 0 Å². The second-order valence-electron chi connectivity index (χ2n) is 11.2. The van der Waals surface area contributed by atoms with E-state index in [1.54, 1.807) is 12.1 Å². The number of aromatic nitrogens is 2. The number of anilines is 3. The normalized spacial score (nSPS) is 15.8. The highest BCUT2D eigenvalue weighted by Crippen LogP contribution is 2.45. The molecule has 9 nitrogen and oxygen atoms in total. The number of ether oxygens (including phenoxy) is 3. The molecule has 2 heterocycles. The fourth-order valence-corrected chi connectivity index (χ4v) is 5.58. The summed E-state index contributed by atoms with van der Waals surface area (Å²) < 4.78 is 18.0. The average molecular weight is 649 g/mol. The molecule has 1 aliphatic heterocycles. The summed E-state index contributed by atoms with van der Waals surface area (Å²) >= 11 is 12.6. The summed E-state index contributed by atoms with van der Waals surface area (Å²) in [4.78, 5) is 23.8. The monoisotopic (exact) mass is 647 g/mol. The average Bonchev–Trinajstić information content (AvgIpc) is 3.89. The van der Waals surface area contributed by atoms with Gasteiger partial charge in [0.25, 0.3) is 5.91 Å². The van der Waals surface area contributed by atoms with E-state index in [1.807, 2.05) is 36.4 Å². The fraction of sp³-hybridized carbons (Fsp3) is 0.324. The number of nitrogens with zero attached hydrogens (tertiary/aromatic N) is 3. The van der Waals surface area contributed by atoms with E-state index in [0.29, 0.717) is 51.5 Å². The van der Waals surface area contributed by atoms with Crippen LogP contribution in [0.4, 0.5) is 17.2 Å². The number of carbonyl (C=O) groups excluding carboxylic acids is 1. The Balaban J connectivity index is 1.20. The van der Waals surface area contributed by atoms with Crippen LogP contribution >= 0.6 is 23.2 Å². The Bertz CT molecular complexity index is 1660. The highest BCUT2D eigenvalue weighted by molar-refractivity contribution is 6.43. The van der Waals surface area contributed by atoms with Gasteiger partial charge in [-0.2, -0.15) is 0 Å². The predicted octanol–water partition coefficient (Wildman–Crippen LogP) is 7.35. The van der Waals surface area contributed by atoms with Gasteiger partial charge < -0.3 is 24.8 Å². The lowest BCUT2D eigenvalue weighted by Gasteiger charge is -2.26. The van der Waals surface area contributed by atoms with E-state index >= 15 is 0 Å². The fourth-order valence-electron chi connectivity index (χ4n) is 5.31. The number of carbonyl (C=O) groups is 1. The molecule has 11 heteroatoms. The molecule has 1 atom stereocenters. The Hall–Kier alpha value is -3.89. The number of rotatable bonds is 13. The molecule has 1 amide bonds. The van der Waals surface area contributed by atoms with Crippen LogP contribution in [-0.2, 0) is 9.53 Å². The molecule has 0 spiro atoms. The van der Waals surface area contributed by atoms with Gasteiger partial charge in [-0.1, -0.05) is 60.1 Å². The summed E-state index contributed by atoms with van der Waals surface area (Å²) in [6.45, 7) is 8.23. The molecule has 2 N–H and O–H groups in total. The Morgan fingerprint density at radius 3 is 2.60 bits per heavy atom. The minimum absolute atomic E-state index is 0.0400. The van der Waals surface area contributed by atoms with Crippen molar-refractivity contribution in [2.24, 2.45) is 5.92 Å². The first-order valence-corrected chi connectivity index (χ1v) is 15.9. The highest BCUT2D eigenvalue weighted by atomic mass is 35.5. The van der Waals surface area contributed by atoms with Crippen LogP contribution in [0.5, 0.6) is 11.5 Å². The van der Waals surface area contributed by atoms with Gasteiger partial charge in [0.1, 0.15) is 29.7 Å². The molecule has 2 aliphatic rings. The molecule has 1 aliphatic carbocycles. The summed E-state index contributed by atoms with van der Waals surface area (Å²) in [5.41, 5.74) is 2.94. The number of nitrogens with one attached hydrogen (secondary N) is 2.